The first-order valence-electron chi connectivity index (χ1n) is 3.66. The quantitative estimate of drug-likeness (QED) is 0.809. The van der Waals surface area contributed by atoms with Crippen molar-refractivity contribution in [1.82, 2.24) is 0 Å². The molecular formula is C9H6BrCl2FO. The molecule has 0 fully saturated rings. The van der Waals surface area contributed by atoms with E-state index in [1.807, 2.05) is 0 Å². The molecule has 0 atom stereocenters. The summed E-state index contributed by atoms with van der Waals surface area (Å²) in [6, 6.07) is 4.46. The average molecular weight is 300 g/mol. The summed E-state index contributed by atoms with van der Waals surface area (Å²) in [7, 11) is 0. The van der Waals surface area contributed by atoms with Crippen LogP contribution in [0.25, 0.3) is 0 Å². The molecule has 76 valence electrons. The van der Waals surface area contributed by atoms with Crippen molar-refractivity contribution < 1.29 is 9.13 Å². The Morgan fingerprint density at radius 1 is 1.57 bits per heavy atom. The lowest BCUT2D eigenvalue weighted by Crippen LogP contribution is -1.97. The monoisotopic (exact) mass is 298 g/mol. The Bertz CT molecular complexity index is 355. The summed E-state index contributed by atoms with van der Waals surface area (Å²) < 4.78 is 18.5. The van der Waals surface area contributed by atoms with E-state index in [1.165, 1.54) is 11.6 Å². The van der Waals surface area contributed by atoms with Crippen LogP contribution in [-0.2, 0) is 0 Å². The first-order valence-corrected chi connectivity index (χ1v) is 5.27. The molecule has 0 saturated heterocycles. The molecule has 0 bridgehead atoms. The van der Waals surface area contributed by atoms with Crippen LogP contribution in [0.15, 0.2) is 33.2 Å². The second kappa shape index (κ2) is 5.59. The highest BCUT2D eigenvalue weighted by Crippen LogP contribution is 2.21. The van der Waals surface area contributed by atoms with Crippen LogP contribution in [0.2, 0.25) is 0 Å². The van der Waals surface area contributed by atoms with E-state index < -0.39 is 0 Å². The summed E-state index contributed by atoms with van der Waals surface area (Å²) in [5, 5.41) is 0.356. The lowest BCUT2D eigenvalue weighted by Gasteiger charge is -2.05. The first kappa shape index (κ1) is 11.8. The van der Waals surface area contributed by atoms with Gasteiger partial charge in [-0.2, -0.15) is 0 Å². The molecule has 14 heavy (non-hydrogen) atoms. The maximum Gasteiger partial charge on any atom is 0.141 e. The maximum absolute atomic E-state index is 13.0. The SMILES string of the molecule is Fc1cc(OCC(Cl)=CCl)ccc1Br. The van der Waals surface area contributed by atoms with Gasteiger partial charge in [0.1, 0.15) is 18.2 Å². The molecule has 0 aliphatic rings. The predicted molar refractivity (Wildman–Crippen MR) is 59.4 cm³/mol. The molecule has 5 heteroatoms. The number of ether oxygens (including phenoxy) is 1. The first-order chi connectivity index (χ1) is 6.63. The van der Waals surface area contributed by atoms with Crippen molar-refractivity contribution in [2.45, 2.75) is 0 Å². The molecule has 0 aliphatic carbocycles. The molecule has 0 radical (unpaired) electrons. The van der Waals surface area contributed by atoms with E-state index >= 15 is 0 Å². The minimum absolute atomic E-state index is 0.131. The minimum atomic E-state index is -0.381. The second-order valence-corrected chi connectivity index (χ2v) is 3.98. The third-order valence-electron chi connectivity index (χ3n) is 1.39. The Morgan fingerprint density at radius 2 is 2.29 bits per heavy atom. The van der Waals surface area contributed by atoms with Crippen molar-refractivity contribution in [3.63, 3.8) is 0 Å². The molecule has 0 unspecified atom stereocenters. The van der Waals surface area contributed by atoms with E-state index in [9.17, 15) is 4.39 Å². The summed E-state index contributed by atoms with van der Waals surface area (Å²) in [5.74, 6) is 0.0239. The van der Waals surface area contributed by atoms with E-state index in [0.29, 0.717) is 15.3 Å². The van der Waals surface area contributed by atoms with Crippen LogP contribution in [0, 0.1) is 5.82 Å². The largest absolute Gasteiger partial charge is 0.488 e. The van der Waals surface area contributed by atoms with Crippen LogP contribution in [0.1, 0.15) is 0 Å². The molecule has 1 aromatic rings. The third kappa shape index (κ3) is 3.48. The van der Waals surface area contributed by atoms with Gasteiger partial charge in [0.25, 0.3) is 0 Å². The molecule has 0 aliphatic heterocycles. The average Bonchev–Trinajstić information content (AvgIpc) is 2.19. The number of halogens is 4. The van der Waals surface area contributed by atoms with Crippen LogP contribution < -0.4 is 4.74 Å². The highest BCUT2D eigenvalue weighted by Gasteiger charge is 2.01. The van der Waals surface area contributed by atoms with E-state index in [-0.39, 0.29) is 12.4 Å². The topological polar surface area (TPSA) is 9.23 Å². The van der Waals surface area contributed by atoms with E-state index in [0.717, 1.165) is 0 Å². The Morgan fingerprint density at radius 3 is 2.86 bits per heavy atom. The van der Waals surface area contributed by atoms with Gasteiger partial charge in [-0.1, -0.05) is 23.2 Å². The normalized spacial score (nSPS) is 11.6. The van der Waals surface area contributed by atoms with Crippen molar-refractivity contribution in [2.24, 2.45) is 0 Å². The fourth-order valence-corrected chi connectivity index (χ4v) is 1.11. The summed E-state index contributed by atoms with van der Waals surface area (Å²) in [5.41, 5.74) is 1.21. The molecule has 0 N–H and O–H groups in total. The highest BCUT2D eigenvalue weighted by molar-refractivity contribution is 9.10. The van der Waals surface area contributed by atoms with Gasteiger partial charge in [-0.3, -0.25) is 0 Å². The molecule has 0 aromatic heterocycles. The fourth-order valence-electron chi connectivity index (χ4n) is 0.750. The van der Waals surface area contributed by atoms with Gasteiger partial charge in [0.05, 0.1) is 9.51 Å². The van der Waals surface area contributed by atoms with E-state index in [2.05, 4.69) is 15.9 Å². The summed E-state index contributed by atoms with van der Waals surface area (Å²) in [6.07, 6.45) is 0. The Kier molecular flexibility index (Phi) is 4.72. The number of hydrogen-bond donors (Lipinski definition) is 0. The van der Waals surface area contributed by atoms with Crippen molar-refractivity contribution in [1.29, 1.82) is 0 Å². The van der Waals surface area contributed by atoms with Gasteiger partial charge in [-0.25, -0.2) is 4.39 Å². The van der Waals surface area contributed by atoms with Crippen molar-refractivity contribution in [2.75, 3.05) is 6.61 Å². The van der Waals surface area contributed by atoms with Crippen LogP contribution >= 0.6 is 39.1 Å². The lowest BCUT2D eigenvalue weighted by atomic mass is 10.3. The van der Waals surface area contributed by atoms with Gasteiger partial charge in [0, 0.05) is 11.6 Å². The van der Waals surface area contributed by atoms with Gasteiger partial charge >= 0.3 is 0 Å². The summed E-state index contributed by atoms with van der Waals surface area (Å²) >= 11 is 13.9. The van der Waals surface area contributed by atoms with Crippen molar-refractivity contribution in [3.05, 3.63) is 39.1 Å². The third-order valence-corrected chi connectivity index (χ3v) is 2.62. The van der Waals surface area contributed by atoms with Gasteiger partial charge in [0.2, 0.25) is 0 Å². The molecule has 0 saturated carbocycles. The van der Waals surface area contributed by atoms with Crippen LogP contribution in [-0.4, -0.2) is 6.61 Å². The minimum Gasteiger partial charge on any atom is -0.488 e. The Hall–Kier alpha value is -0.250. The van der Waals surface area contributed by atoms with Crippen molar-refractivity contribution >= 4 is 39.1 Å². The highest BCUT2D eigenvalue weighted by atomic mass is 79.9. The number of rotatable bonds is 3. The standard InChI is InChI=1S/C9H6BrCl2FO/c10-8-2-1-7(3-9(8)13)14-5-6(12)4-11/h1-4H,5H2. The van der Waals surface area contributed by atoms with E-state index in [4.69, 9.17) is 27.9 Å². The number of hydrogen-bond acceptors (Lipinski definition) is 1. The predicted octanol–water partition coefficient (Wildman–Crippen LogP) is 4.29. The zero-order valence-electron chi connectivity index (χ0n) is 6.94. The van der Waals surface area contributed by atoms with Crippen LogP contribution in [0.4, 0.5) is 4.39 Å². The Labute approximate surface area is 99.6 Å². The van der Waals surface area contributed by atoms with E-state index in [1.54, 1.807) is 12.1 Å². The zero-order valence-corrected chi connectivity index (χ0v) is 10.0. The van der Waals surface area contributed by atoms with Crippen LogP contribution in [0.3, 0.4) is 0 Å². The van der Waals surface area contributed by atoms with Crippen LogP contribution in [0.5, 0.6) is 5.75 Å². The number of benzene rings is 1. The molecule has 0 heterocycles. The second-order valence-electron chi connectivity index (χ2n) is 2.42. The summed E-state index contributed by atoms with van der Waals surface area (Å²) in [6.45, 7) is 0.131. The smallest absolute Gasteiger partial charge is 0.141 e. The summed E-state index contributed by atoms with van der Waals surface area (Å²) in [4.78, 5) is 0. The molecule has 1 rings (SSSR count). The van der Waals surface area contributed by atoms with Gasteiger partial charge < -0.3 is 4.74 Å². The Balaban J connectivity index is 2.64. The molecule has 0 spiro atoms. The molecule has 0 amide bonds. The van der Waals surface area contributed by atoms with Crippen molar-refractivity contribution in [3.8, 4) is 5.75 Å². The van der Waals surface area contributed by atoms with Gasteiger partial charge in [-0.15, -0.1) is 0 Å². The lowest BCUT2D eigenvalue weighted by molar-refractivity contribution is 0.357. The zero-order chi connectivity index (χ0) is 10.6. The van der Waals surface area contributed by atoms with Gasteiger partial charge in [-0.05, 0) is 28.1 Å². The fraction of sp³-hybridized carbons (Fsp3) is 0.111. The molecular weight excluding hydrogens is 294 g/mol. The maximum atomic E-state index is 13.0. The molecule has 1 aromatic carbocycles. The molecule has 1 nitrogen and oxygen atoms in total. The van der Waals surface area contributed by atoms with Gasteiger partial charge in [0.15, 0.2) is 0 Å².